The third-order valence-electron chi connectivity index (χ3n) is 3.41. The highest BCUT2D eigenvalue weighted by Gasteiger charge is 2.32. The van der Waals surface area contributed by atoms with Gasteiger partial charge in [0.1, 0.15) is 6.04 Å². The summed E-state index contributed by atoms with van der Waals surface area (Å²) in [6, 6.07) is 7.08. The number of carbonyl (C=O) groups is 2. The van der Waals surface area contributed by atoms with Gasteiger partial charge in [0.25, 0.3) is 0 Å². The molecule has 1 saturated heterocycles. The first kappa shape index (κ1) is 13.3. The molecule has 0 unspecified atom stereocenters. The Morgan fingerprint density at radius 3 is 2.79 bits per heavy atom. The zero-order chi connectivity index (χ0) is 13.8. The molecule has 100 valence electrons. The number of aryl methyl sites for hydroxylation is 1. The molecule has 4 heteroatoms. The second-order valence-corrected chi connectivity index (χ2v) is 4.72. The van der Waals surface area contributed by atoms with Crippen molar-refractivity contribution in [3.8, 4) is 0 Å². The summed E-state index contributed by atoms with van der Waals surface area (Å²) in [7, 11) is 0. The Bertz CT molecular complexity index is 522. The minimum absolute atomic E-state index is 0.229. The quantitative estimate of drug-likeness (QED) is 0.845. The maximum Gasteiger partial charge on any atom is 0.326 e. The zero-order valence-electron chi connectivity index (χ0n) is 10.9. The second kappa shape index (κ2) is 5.69. The molecule has 1 aromatic rings. The summed E-state index contributed by atoms with van der Waals surface area (Å²) in [4.78, 5) is 24.5. The number of nitrogens with zero attached hydrogens (tertiary/aromatic N) is 1. The molecule has 4 nitrogen and oxygen atoms in total. The van der Waals surface area contributed by atoms with Crippen LogP contribution in [-0.4, -0.2) is 34.5 Å². The van der Waals surface area contributed by atoms with E-state index in [0.717, 1.165) is 17.5 Å². The highest BCUT2D eigenvalue weighted by molar-refractivity contribution is 5.94. The van der Waals surface area contributed by atoms with E-state index < -0.39 is 12.0 Å². The fourth-order valence-corrected chi connectivity index (χ4v) is 2.32. The molecule has 0 bridgehead atoms. The number of amides is 1. The molecule has 0 aliphatic carbocycles. The Labute approximate surface area is 112 Å². The Morgan fingerprint density at radius 1 is 1.37 bits per heavy atom. The molecule has 1 aromatic carbocycles. The first-order valence-corrected chi connectivity index (χ1v) is 6.36. The standard InChI is InChI=1S/C15H17NO3/c1-11-5-2-3-6-12(11)8-9-14(17)16-10-4-7-13(16)15(18)19/h2-3,5-6,8-9,13H,4,7,10H2,1H3,(H,18,19)/t13-/m1/s1. The number of carboxylic acid groups (broad SMARTS) is 1. The highest BCUT2D eigenvalue weighted by atomic mass is 16.4. The molecule has 0 saturated carbocycles. The molecule has 1 amide bonds. The van der Waals surface area contributed by atoms with Gasteiger partial charge in [-0.1, -0.05) is 24.3 Å². The van der Waals surface area contributed by atoms with E-state index in [-0.39, 0.29) is 5.91 Å². The van der Waals surface area contributed by atoms with Crippen LogP contribution in [0.1, 0.15) is 24.0 Å². The van der Waals surface area contributed by atoms with Crippen LogP contribution in [0.2, 0.25) is 0 Å². The first-order valence-electron chi connectivity index (χ1n) is 6.36. The van der Waals surface area contributed by atoms with Gasteiger partial charge in [0, 0.05) is 12.6 Å². The number of carboxylic acids is 1. The average molecular weight is 259 g/mol. The molecule has 0 spiro atoms. The summed E-state index contributed by atoms with van der Waals surface area (Å²) in [6.07, 6.45) is 4.50. The topological polar surface area (TPSA) is 57.6 Å². The Morgan fingerprint density at radius 2 is 2.11 bits per heavy atom. The van der Waals surface area contributed by atoms with Gasteiger partial charge in [0.05, 0.1) is 0 Å². The van der Waals surface area contributed by atoms with Crippen molar-refractivity contribution in [3.05, 3.63) is 41.5 Å². The van der Waals surface area contributed by atoms with Crippen LogP contribution in [0.4, 0.5) is 0 Å². The summed E-state index contributed by atoms with van der Waals surface area (Å²) >= 11 is 0. The van der Waals surface area contributed by atoms with Crippen LogP contribution >= 0.6 is 0 Å². The van der Waals surface area contributed by atoms with Crippen molar-refractivity contribution in [3.63, 3.8) is 0 Å². The lowest BCUT2D eigenvalue weighted by Crippen LogP contribution is -2.39. The molecule has 1 aliphatic rings. The largest absolute Gasteiger partial charge is 0.480 e. The van der Waals surface area contributed by atoms with Crippen molar-refractivity contribution in [1.29, 1.82) is 0 Å². The van der Waals surface area contributed by atoms with E-state index in [4.69, 9.17) is 5.11 Å². The van der Waals surface area contributed by atoms with Crippen molar-refractivity contribution in [2.45, 2.75) is 25.8 Å². The van der Waals surface area contributed by atoms with E-state index in [1.807, 2.05) is 31.2 Å². The van der Waals surface area contributed by atoms with Crippen molar-refractivity contribution < 1.29 is 14.7 Å². The van der Waals surface area contributed by atoms with E-state index in [1.165, 1.54) is 11.0 Å². The zero-order valence-corrected chi connectivity index (χ0v) is 10.9. The fourth-order valence-electron chi connectivity index (χ4n) is 2.32. The lowest BCUT2D eigenvalue weighted by molar-refractivity contribution is -0.146. The van der Waals surface area contributed by atoms with Crippen molar-refractivity contribution in [2.24, 2.45) is 0 Å². The molecular weight excluding hydrogens is 242 g/mol. The third kappa shape index (κ3) is 3.02. The normalized spacial score (nSPS) is 19.0. The van der Waals surface area contributed by atoms with Crippen LogP contribution in [0.3, 0.4) is 0 Å². The predicted octanol–water partition coefficient (Wildman–Crippen LogP) is 2.08. The van der Waals surface area contributed by atoms with Crippen LogP contribution in [0, 0.1) is 6.92 Å². The Kier molecular flexibility index (Phi) is 4.00. The van der Waals surface area contributed by atoms with Gasteiger partial charge < -0.3 is 10.0 Å². The van der Waals surface area contributed by atoms with E-state index in [1.54, 1.807) is 6.08 Å². The number of likely N-dealkylation sites (tertiary alicyclic amines) is 1. The number of benzene rings is 1. The first-order chi connectivity index (χ1) is 9.09. The summed E-state index contributed by atoms with van der Waals surface area (Å²) in [5, 5.41) is 9.04. The number of aliphatic carboxylic acids is 1. The number of rotatable bonds is 3. The molecule has 1 atom stereocenters. The molecule has 19 heavy (non-hydrogen) atoms. The van der Waals surface area contributed by atoms with E-state index in [2.05, 4.69) is 0 Å². The lowest BCUT2D eigenvalue weighted by Gasteiger charge is -2.19. The van der Waals surface area contributed by atoms with Crippen LogP contribution in [0.25, 0.3) is 6.08 Å². The van der Waals surface area contributed by atoms with Crippen molar-refractivity contribution in [2.75, 3.05) is 6.54 Å². The summed E-state index contributed by atoms with van der Waals surface area (Å²) in [6.45, 7) is 2.49. The van der Waals surface area contributed by atoms with Gasteiger partial charge >= 0.3 is 5.97 Å². The van der Waals surface area contributed by atoms with Gasteiger partial charge in [0.15, 0.2) is 0 Å². The van der Waals surface area contributed by atoms with Crippen LogP contribution < -0.4 is 0 Å². The fraction of sp³-hybridized carbons (Fsp3) is 0.333. The van der Waals surface area contributed by atoms with Crippen LogP contribution in [0.15, 0.2) is 30.3 Å². The molecule has 1 fully saturated rings. The van der Waals surface area contributed by atoms with Gasteiger partial charge in [-0.25, -0.2) is 4.79 Å². The molecule has 0 aromatic heterocycles. The van der Waals surface area contributed by atoms with Crippen LogP contribution in [0.5, 0.6) is 0 Å². The molecule has 1 N–H and O–H groups in total. The number of carbonyl (C=O) groups excluding carboxylic acids is 1. The molecule has 1 heterocycles. The Balaban J connectivity index is 2.09. The summed E-state index contributed by atoms with van der Waals surface area (Å²) < 4.78 is 0. The minimum Gasteiger partial charge on any atom is -0.480 e. The number of hydrogen-bond donors (Lipinski definition) is 1. The van der Waals surface area contributed by atoms with Gasteiger partial charge in [-0.15, -0.1) is 0 Å². The van der Waals surface area contributed by atoms with Crippen LogP contribution in [-0.2, 0) is 9.59 Å². The van der Waals surface area contributed by atoms with Crippen molar-refractivity contribution >= 4 is 18.0 Å². The number of hydrogen-bond acceptors (Lipinski definition) is 2. The maximum absolute atomic E-state index is 12.0. The van der Waals surface area contributed by atoms with E-state index in [0.29, 0.717) is 13.0 Å². The second-order valence-electron chi connectivity index (χ2n) is 4.72. The predicted molar refractivity (Wildman–Crippen MR) is 72.6 cm³/mol. The summed E-state index contributed by atoms with van der Waals surface area (Å²) in [5.74, 6) is -1.15. The van der Waals surface area contributed by atoms with E-state index in [9.17, 15) is 9.59 Å². The molecule has 2 rings (SSSR count). The van der Waals surface area contributed by atoms with E-state index >= 15 is 0 Å². The lowest BCUT2D eigenvalue weighted by atomic mass is 10.1. The SMILES string of the molecule is Cc1ccccc1C=CC(=O)N1CCC[C@@H]1C(=O)O. The van der Waals surface area contributed by atoms with Gasteiger partial charge in [-0.3, -0.25) is 4.79 Å². The monoisotopic (exact) mass is 259 g/mol. The molecule has 1 aliphatic heterocycles. The smallest absolute Gasteiger partial charge is 0.326 e. The Hall–Kier alpha value is -2.10. The molecular formula is C15H17NO3. The minimum atomic E-state index is -0.921. The maximum atomic E-state index is 12.0. The average Bonchev–Trinajstić information content (AvgIpc) is 2.87. The summed E-state index contributed by atoms with van der Waals surface area (Å²) in [5.41, 5.74) is 2.06. The highest BCUT2D eigenvalue weighted by Crippen LogP contribution is 2.18. The van der Waals surface area contributed by atoms with Crippen molar-refractivity contribution in [1.82, 2.24) is 4.90 Å². The molecule has 0 radical (unpaired) electrons. The van der Waals surface area contributed by atoms with Gasteiger partial charge in [-0.2, -0.15) is 0 Å². The third-order valence-corrected chi connectivity index (χ3v) is 3.41. The van der Waals surface area contributed by atoms with Gasteiger partial charge in [0.2, 0.25) is 5.91 Å². The van der Waals surface area contributed by atoms with Gasteiger partial charge in [-0.05, 0) is 37.0 Å².